The van der Waals surface area contributed by atoms with E-state index in [0.717, 1.165) is 5.56 Å². The van der Waals surface area contributed by atoms with Crippen LogP contribution in [-0.2, 0) is 14.8 Å². The van der Waals surface area contributed by atoms with Crippen molar-refractivity contribution < 1.29 is 18.3 Å². The molecule has 0 saturated carbocycles. The molecule has 0 aliphatic carbocycles. The predicted octanol–water partition coefficient (Wildman–Crippen LogP) is 1.30. The molecular formula is C12H17NO4S. The number of aryl methyl sites for hydroxylation is 2. The number of nitrogens with one attached hydrogen (secondary N) is 1. The van der Waals surface area contributed by atoms with E-state index in [-0.39, 0.29) is 11.4 Å². The zero-order valence-corrected chi connectivity index (χ0v) is 11.4. The van der Waals surface area contributed by atoms with Crippen LogP contribution < -0.4 is 4.72 Å². The van der Waals surface area contributed by atoms with Crippen LogP contribution in [0.3, 0.4) is 0 Å². The van der Waals surface area contributed by atoms with E-state index in [1.54, 1.807) is 26.0 Å². The van der Waals surface area contributed by atoms with E-state index in [4.69, 9.17) is 5.11 Å². The summed E-state index contributed by atoms with van der Waals surface area (Å²) in [5, 5.41) is 8.71. The SMILES string of the molecule is Cc1ccc(C)c(S(=O)(=O)NCC(C)C(=O)O)c1. The molecule has 0 aromatic heterocycles. The highest BCUT2D eigenvalue weighted by molar-refractivity contribution is 7.89. The minimum atomic E-state index is -3.66. The van der Waals surface area contributed by atoms with Gasteiger partial charge in [0, 0.05) is 6.54 Å². The number of hydrogen-bond acceptors (Lipinski definition) is 3. The Labute approximate surface area is 107 Å². The molecule has 1 unspecified atom stereocenters. The molecule has 0 bridgehead atoms. The third kappa shape index (κ3) is 3.54. The molecule has 6 heteroatoms. The summed E-state index contributed by atoms with van der Waals surface area (Å²) in [7, 11) is -3.66. The fourth-order valence-electron chi connectivity index (χ4n) is 1.40. The molecule has 0 aliphatic heterocycles. The molecule has 0 amide bonds. The van der Waals surface area contributed by atoms with Gasteiger partial charge in [-0.15, -0.1) is 0 Å². The fourth-order valence-corrected chi connectivity index (χ4v) is 2.85. The highest BCUT2D eigenvalue weighted by atomic mass is 32.2. The topological polar surface area (TPSA) is 83.5 Å². The van der Waals surface area contributed by atoms with E-state index in [1.165, 1.54) is 6.92 Å². The van der Waals surface area contributed by atoms with Gasteiger partial charge in [0.25, 0.3) is 0 Å². The van der Waals surface area contributed by atoms with Crippen molar-refractivity contribution in [1.29, 1.82) is 0 Å². The lowest BCUT2D eigenvalue weighted by molar-refractivity contribution is -0.140. The van der Waals surface area contributed by atoms with Crippen molar-refractivity contribution in [3.05, 3.63) is 29.3 Å². The van der Waals surface area contributed by atoms with Crippen molar-refractivity contribution in [3.8, 4) is 0 Å². The first-order chi connectivity index (χ1) is 8.24. The van der Waals surface area contributed by atoms with Crippen molar-refractivity contribution >= 4 is 16.0 Å². The number of aliphatic carboxylic acids is 1. The van der Waals surface area contributed by atoms with Crippen molar-refractivity contribution in [2.45, 2.75) is 25.7 Å². The lowest BCUT2D eigenvalue weighted by atomic mass is 10.2. The molecule has 1 aromatic carbocycles. The second-order valence-electron chi connectivity index (χ2n) is 4.36. The molecule has 0 heterocycles. The third-order valence-electron chi connectivity index (χ3n) is 2.63. The van der Waals surface area contributed by atoms with Crippen LogP contribution in [0.15, 0.2) is 23.1 Å². The quantitative estimate of drug-likeness (QED) is 0.845. The van der Waals surface area contributed by atoms with Gasteiger partial charge < -0.3 is 5.11 Å². The number of carboxylic acids is 1. The molecule has 0 saturated heterocycles. The molecule has 0 aliphatic rings. The summed E-state index contributed by atoms with van der Waals surface area (Å²) < 4.78 is 26.4. The van der Waals surface area contributed by atoms with Crippen LogP contribution in [0.2, 0.25) is 0 Å². The van der Waals surface area contributed by atoms with Gasteiger partial charge in [0.1, 0.15) is 0 Å². The molecule has 5 nitrogen and oxygen atoms in total. The Hall–Kier alpha value is -1.40. The smallest absolute Gasteiger partial charge is 0.307 e. The summed E-state index contributed by atoms with van der Waals surface area (Å²) in [6, 6.07) is 5.13. The summed E-state index contributed by atoms with van der Waals surface area (Å²) in [5.41, 5.74) is 1.48. The highest BCUT2D eigenvalue weighted by Gasteiger charge is 2.19. The first kappa shape index (κ1) is 14.7. The second-order valence-corrected chi connectivity index (χ2v) is 6.10. The molecule has 1 rings (SSSR count). The number of benzene rings is 1. The number of sulfonamides is 1. The van der Waals surface area contributed by atoms with Gasteiger partial charge in [-0.25, -0.2) is 13.1 Å². The lowest BCUT2D eigenvalue weighted by Crippen LogP contribution is -2.31. The molecule has 2 N–H and O–H groups in total. The average molecular weight is 271 g/mol. The van der Waals surface area contributed by atoms with Crippen LogP contribution in [0.25, 0.3) is 0 Å². The maximum atomic E-state index is 12.0. The second kappa shape index (κ2) is 5.49. The van der Waals surface area contributed by atoms with Gasteiger partial charge in [-0.3, -0.25) is 4.79 Å². The Bertz CT molecular complexity index is 551. The van der Waals surface area contributed by atoms with Crippen LogP contribution in [0.1, 0.15) is 18.1 Å². The molecule has 1 aromatic rings. The largest absolute Gasteiger partial charge is 0.481 e. The van der Waals surface area contributed by atoms with Gasteiger partial charge in [0.05, 0.1) is 10.8 Å². The van der Waals surface area contributed by atoms with Gasteiger partial charge in [-0.05, 0) is 31.0 Å². The third-order valence-corrected chi connectivity index (χ3v) is 4.20. The maximum absolute atomic E-state index is 12.0. The summed E-state index contributed by atoms with van der Waals surface area (Å²) in [6.45, 7) is 4.84. The van der Waals surface area contributed by atoms with Crippen LogP contribution in [0, 0.1) is 19.8 Å². The summed E-state index contributed by atoms with van der Waals surface area (Å²) in [6.07, 6.45) is 0. The van der Waals surface area contributed by atoms with Crippen LogP contribution >= 0.6 is 0 Å². The van der Waals surface area contributed by atoms with Crippen LogP contribution in [0.4, 0.5) is 0 Å². The maximum Gasteiger partial charge on any atom is 0.307 e. The Morgan fingerprint density at radius 2 is 2.00 bits per heavy atom. The van der Waals surface area contributed by atoms with E-state index in [1.807, 2.05) is 6.07 Å². The van der Waals surface area contributed by atoms with E-state index >= 15 is 0 Å². The van der Waals surface area contributed by atoms with E-state index < -0.39 is 21.9 Å². The number of rotatable bonds is 5. The predicted molar refractivity (Wildman–Crippen MR) is 67.9 cm³/mol. The highest BCUT2D eigenvalue weighted by Crippen LogP contribution is 2.16. The van der Waals surface area contributed by atoms with E-state index in [0.29, 0.717) is 5.56 Å². The standard InChI is InChI=1S/C12H17NO4S/c1-8-4-5-9(2)11(6-8)18(16,17)13-7-10(3)12(14)15/h4-6,10,13H,7H2,1-3H3,(H,14,15). The van der Waals surface area contributed by atoms with Crippen LogP contribution in [0.5, 0.6) is 0 Å². The minimum Gasteiger partial charge on any atom is -0.481 e. The van der Waals surface area contributed by atoms with Crippen molar-refractivity contribution in [2.75, 3.05) is 6.54 Å². The van der Waals surface area contributed by atoms with Gasteiger partial charge >= 0.3 is 5.97 Å². The zero-order chi connectivity index (χ0) is 13.9. The van der Waals surface area contributed by atoms with E-state index in [9.17, 15) is 13.2 Å². The minimum absolute atomic E-state index is 0.120. The van der Waals surface area contributed by atoms with Crippen LogP contribution in [-0.4, -0.2) is 26.0 Å². The van der Waals surface area contributed by atoms with Gasteiger partial charge in [0.15, 0.2) is 0 Å². The Morgan fingerprint density at radius 1 is 1.39 bits per heavy atom. The number of carbonyl (C=O) groups is 1. The summed E-state index contributed by atoms with van der Waals surface area (Å²) in [4.78, 5) is 10.8. The van der Waals surface area contributed by atoms with Gasteiger partial charge in [0.2, 0.25) is 10.0 Å². The average Bonchev–Trinajstić information content (AvgIpc) is 2.29. The molecule has 0 spiro atoms. The lowest BCUT2D eigenvalue weighted by Gasteiger charge is -2.11. The normalized spacial score (nSPS) is 13.3. The van der Waals surface area contributed by atoms with Crippen molar-refractivity contribution in [1.82, 2.24) is 4.72 Å². The van der Waals surface area contributed by atoms with Gasteiger partial charge in [-0.2, -0.15) is 0 Å². The van der Waals surface area contributed by atoms with Crippen molar-refractivity contribution in [3.63, 3.8) is 0 Å². The summed E-state index contributed by atoms with van der Waals surface area (Å²) in [5.74, 6) is -1.79. The Morgan fingerprint density at radius 3 is 2.56 bits per heavy atom. The van der Waals surface area contributed by atoms with E-state index in [2.05, 4.69) is 4.72 Å². The monoisotopic (exact) mass is 271 g/mol. The fraction of sp³-hybridized carbons (Fsp3) is 0.417. The first-order valence-electron chi connectivity index (χ1n) is 5.54. The molecule has 1 atom stereocenters. The number of carboxylic acid groups (broad SMARTS) is 1. The van der Waals surface area contributed by atoms with Crippen molar-refractivity contribution in [2.24, 2.45) is 5.92 Å². The molecular weight excluding hydrogens is 254 g/mol. The zero-order valence-electron chi connectivity index (χ0n) is 10.6. The molecule has 100 valence electrons. The Balaban J connectivity index is 2.93. The number of hydrogen-bond donors (Lipinski definition) is 2. The molecule has 0 fully saturated rings. The molecule has 18 heavy (non-hydrogen) atoms. The Kier molecular flexibility index (Phi) is 4.48. The van der Waals surface area contributed by atoms with Gasteiger partial charge in [-0.1, -0.05) is 19.1 Å². The summed E-state index contributed by atoms with van der Waals surface area (Å²) >= 11 is 0. The molecule has 0 radical (unpaired) electrons. The first-order valence-corrected chi connectivity index (χ1v) is 7.02.